The van der Waals surface area contributed by atoms with Crippen LogP contribution < -0.4 is 4.74 Å². The van der Waals surface area contributed by atoms with Crippen molar-refractivity contribution in [3.8, 4) is 11.8 Å². The molecule has 0 bridgehead atoms. The molecule has 2 aliphatic heterocycles. The second kappa shape index (κ2) is 9.13. The van der Waals surface area contributed by atoms with Gasteiger partial charge in [-0.15, -0.1) is 0 Å². The maximum Gasteiger partial charge on any atom is 0.328 e. The molecule has 0 unspecified atom stereocenters. The van der Waals surface area contributed by atoms with Crippen LogP contribution in [0.3, 0.4) is 0 Å². The zero-order valence-corrected chi connectivity index (χ0v) is 19.9. The fraction of sp³-hybridized carbons (Fsp3) is 0.464. The summed E-state index contributed by atoms with van der Waals surface area (Å²) in [5.41, 5.74) is 4.93. The van der Waals surface area contributed by atoms with Crippen molar-refractivity contribution < 1.29 is 14.3 Å². The highest BCUT2D eigenvalue weighted by Crippen LogP contribution is 2.44. The predicted molar refractivity (Wildman–Crippen MR) is 128 cm³/mol. The van der Waals surface area contributed by atoms with E-state index in [-0.39, 0.29) is 24.0 Å². The van der Waals surface area contributed by atoms with E-state index in [0.29, 0.717) is 18.6 Å². The summed E-state index contributed by atoms with van der Waals surface area (Å²) < 4.78 is 6.15. The minimum absolute atomic E-state index is 0.0238. The molecule has 0 aromatic heterocycles. The van der Waals surface area contributed by atoms with Crippen molar-refractivity contribution in [2.75, 3.05) is 0 Å². The SMILES string of the molecule is CC[C@@H]1c2ccc(OCc3ccc(C#N)cc3)c(C)c2C[C@H]2C(=O)N(C3CCCCC3)C(=O)N12. The van der Waals surface area contributed by atoms with Gasteiger partial charge in [0.15, 0.2) is 0 Å². The van der Waals surface area contributed by atoms with Crippen LogP contribution in [0.15, 0.2) is 36.4 Å². The number of imide groups is 1. The Kier molecular flexibility index (Phi) is 6.03. The van der Waals surface area contributed by atoms with Crippen molar-refractivity contribution in [3.63, 3.8) is 0 Å². The summed E-state index contributed by atoms with van der Waals surface area (Å²) in [4.78, 5) is 30.4. The molecular formula is C28H31N3O3. The van der Waals surface area contributed by atoms with Crippen molar-refractivity contribution in [2.45, 2.75) is 83.5 Å². The third-order valence-corrected chi connectivity index (χ3v) is 7.77. The van der Waals surface area contributed by atoms with Crippen LogP contribution in [0.5, 0.6) is 5.75 Å². The van der Waals surface area contributed by atoms with E-state index in [1.165, 1.54) is 6.42 Å². The van der Waals surface area contributed by atoms with E-state index in [0.717, 1.165) is 60.1 Å². The minimum atomic E-state index is -0.417. The largest absolute Gasteiger partial charge is 0.489 e. The van der Waals surface area contributed by atoms with Crippen molar-refractivity contribution in [2.24, 2.45) is 0 Å². The normalized spacial score (nSPS) is 22.4. The molecule has 2 aromatic rings. The number of nitrogens with zero attached hydrogens (tertiary/aromatic N) is 3. The van der Waals surface area contributed by atoms with Gasteiger partial charge in [0.05, 0.1) is 17.7 Å². The van der Waals surface area contributed by atoms with E-state index < -0.39 is 6.04 Å². The lowest BCUT2D eigenvalue weighted by molar-refractivity contribution is -0.130. The van der Waals surface area contributed by atoms with Gasteiger partial charge < -0.3 is 9.64 Å². The molecule has 176 valence electrons. The monoisotopic (exact) mass is 457 g/mol. The van der Waals surface area contributed by atoms with Crippen LogP contribution in [0.25, 0.3) is 0 Å². The molecule has 34 heavy (non-hydrogen) atoms. The van der Waals surface area contributed by atoms with Crippen LogP contribution >= 0.6 is 0 Å². The minimum Gasteiger partial charge on any atom is -0.489 e. The Morgan fingerprint density at radius 2 is 1.79 bits per heavy atom. The van der Waals surface area contributed by atoms with Gasteiger partial charge in [0, 0.05) is 12.5 Å². The van der Waals surface area contributed by atoms with Gasteiger partial charge in [0.1, 0.15) is 18.4 Å². The molecule has 6 heteroatoms. The van der Waals surface area contributed by atoms with E-state index in [9.17, 15) is 9.59 Å². The number of hydrogen-bond acceptors (Lipinski definition) is 4. The first kappa shape index (κ1) is 22.5. The summed E-state index contributed by atoms with van der Waals surface area (Å²) in [7, 11) is 0. The average Bonchev–Trinajstić information content (AvgIpc) is 3.12. The highest BCUT2D eigenvalue weighted by atomic mass is 16.5. The number of hydrogen-bond donors (Lipinski definition) is 0. The molecule has 0 radical (unpaired) electrons. The zero-order chi connectivity index (χ0) is 23.8. The molecule has 2 heterocycles. The number of benzene rings is 2. The highest BCUT2D eigenvalue weighted by Gasteiger charge is 2.52. The molecule has 6 nitrogen and oxygen atoms in total. The molecule has 0 spiro atoms. The molecule has 3 aliphatic rings. The number of rotatable bonds is 5. The Morgan fingerprint density at radius 1 is 1.06 bits per heavy atom. The fourth-order valence-electron chi connectivity index (χ4n) is 5.94. The van der Waals surface area contributed by atoms with Crippen LogP contribution in [-0.4, -0.2) is 33.8 Å². The van der Waals surface area contributed by atoms with E-state index in [2.05, 4.69) is 26.0 Å². The zero-order valence-electron chi connectivity index (χ0n) is 19.9. The summed E-state index contributed by atoms with van der Waals surface area (Å²) >= 11 is 0. The first-order chi connectivity index (χ1) is 16.5. The van der Waals surface area contributed by atoms with E-state index in [1.54, 1.807) is 17.0 Å². The van der Waals surface area contributed by atoms with Gasteiger partial charge in [-0.25, -0.2) is 4.79 Å². The Bertz CT molecular complexity index is 1140. The van der Waals surface area contributed by atoms with Crippen molar-refractivity contribution in [3.05, 3.63) is 64.2 Å². The van der Waals surface area contributed by atoms with E-state index >= 15 is 0 Å². The van der Waals surface area contributed by atoms with Gasteiger partial charge in [-0.05, 0) is 66.6 Å². The van der Waals surface area contributed by atoms with Gasteiger partial charge in [-0.3, -0.25) is 9.69 Å². The standard InChI is InChI=1S/C28H31N3O3/c1-3-24-22-13-14-26(34-17-20-11-9-19(16-29)10-12-20)18(2)23(22)15-25-27(32)30(28(33)31(24)25)21-7-5-4-6-8-21/h9-14,21,24-25H,3-8,15,17H2,1-2H3/t24-,25+/m1/s1. The number of urea groups is 1. The molecule has 1 saturated carbocycles. The number of nitriles is 1. The number of carbonyl (C=O) groups is 2. The van der Waals surface area contributed by atoms with Gasteiger partial charge in [-0.2, -0.15) is 5.26 Å². The predicted octanol–water partition coefficient (Wildman–Crippen LogP) is 5.42. The number of carbonyl (C=O) groups excluding carboxylic acids is 2. The lowest BCUT2D eigenvalue weighted by Gasteiger charge is -2.38. The van der Waals surface area contributed by atoms with Gasteiger partial charge >= 0.3 is 6.03 Å². The molecule has 0 N–H and O–H groups in total. The van der Waals surface area contributed by atoms with Crippen LogP contribution in [-0.2, 0) is 17.8 Å². The molecule has 2 aromatic carbocycles. The maximum absolute atomic E-state index is 13.5. The quantitative estimate of drug-likeness (QED) is 0.562. The third-order valence-electron chi connectivity index (χ3n) is 7.77. The van der Waals surface area contributed by atoms with Crippen LogP contribution in [0.4, 0.5) is 4.79 Å². The Labute approximate surface area is 201 Å². The Morgan fingerprint density at radius 3 is 2.47 bits per heavy atom. The van der Waals surface area contributed by atoms with Crippen LogP contribution in [0, 0.1) is 18.3 Å². The van der Waals surface area contributed by atoms with Crippen LogP contribution in [0.1, 0.15) is 79.3 Å². The summed E-state index contributed by atoms with van der Waals surface area (Å²) in [6.45, 7) is 4.54. The maximum atomic E-state index is 13.5. The average molecular weight is 458 g/mol. The molecule has 1 aliphatic carbocycles. The van der Waals surface area contributed by atoms with E-state index in [1.807, 2.05) is 23.1 Å². The second-order valence-electron chi connectivity index (χ2n) is 9.69. The van der Waals surface area contributed by atoms with E-state index in [4.69, 9.17) is 10.00 Å². The van der Waals surface area contributed by atoms with Crippen molar-refractivity contribution >= 4 is 11.9 Å². The molecule has 2 atom stereocenters. The first-order valence-electron chi connectivity index (χ1n) is 12.4. The number of ether oxygens (including phenoxy) is 1. The molecular weight excluding hydrogens is 426 g/mol. The molecule has 3 amide bonds. The van der Waals surface area contributed by atoms with Crippen LogP contribution in [0.2, 0.25) is 0 Å². The highest BCUT2D eigenvalue weighted by molar-refractivity contribution is 6.05. The smallest absolute Gasteiger partial charge is 0.328 e. The van der Waals surface area contributed by atoms with Gasteiger partial charge in [0.25, 0.3) is 5.91 Å². The fourth-order valence-corrected chi connectivity index (χ4v) is 5.94. The lowest BCUT2D eigenvalue weighted by Crippen LogP contribution is -2.44. The summed E-state index contributed by atoms with van der Waals surface area (Å²) in [5.74, 6) is 0.775. The Balaban J connectivity index is 1.40. The second-order valence-corrected chi connectivity index (χ2v) is 9.69. The molecule has 2 fully saturated rings. The van der Waals surface area contributed by atoms with Crippen molar-refractivity contribution in [1.29, 1.82) is 5.26 Å². The van der Waals surface area contributed by atoms with Gasteiger partial charge in [-0.1, -0.05) is 44.4 Å². The summed E-state index contributed by atoms with van der Waals surface area (Å²) in [6.07, 6.45) is 6.52. The molecule has 1 saturated heterocycles. The first-order valence-corrected chi connectivity index (χ1v) is 12.4. The summed E-state index contributed by atoms with van der Waals surface area (Å²) in [5, 5.41) is 8.98. The Hall–Kier alpha value is -3.33. The van der Waals surface area contributed by atoms with Crippen molar-refractivity contribution in [1.82, 2.24) is 9.80 Å². The lowest BCUT2D eigenvalue weighted by atomic mass is 9.84. The molecule has 5 rings (SSSR count). The number of amides is 3. The number of fused-ring (bicyclic) bond motifs is 2. The third kappa shape index (κ3) is 3.73. The summed E-state index contributed by atoms with van der Waals surface area (Å²) in [6, 6.07) is 13.0. The van der Waals surface area contributed by atoms with Gasteiger partial charge in [0.2, 0.25) is 0 Å². The topological polar surface area (TPSA) is 73.6 Å².